The van der Waals surface area contributed by atoms with Crippen molar-refractivity contribution < 1.29 is 4.74 Å². The molecule has 1 aromatic heterocycles. The standard InChI is InChI=1S/C14H19N5O/c1-11-9-19(8-7-15-11)14-16-13(17-18-14)10-20-12-5-3-2-4-6-12/h2-6,11,15H,7-10H2,1H3,(H,16,17,18)/t11-/m0/s1. The predicted octanol–water partition coefficient (Wildman–Crippen LogP) is 1.18. The molecule has 1 saturated heterocycles. The zero-order valence-electron chi connectivity index (χ0n) is 11.5. The number of nitrogens with zero attached hydrogens (tertiary/aromatic N) is 3. The quantitative estimate of drug-likeness (QED) is 0.875. The maximum absolute atomic E-state index is 5.65. The maximum Gasteiger partial charge on any atom is 0.244 e. The highest BCUT2D eigenvalue weighted by atomic mass is 16.5. The zero-order chi connectivity index (χ0) is 13.8. The van der Waals surface area contributed by atoms with Crippen LogP contribution in [0.5, 0.6) is 5.75 Å². The monoisotopic (exact) mass is 273 g/mol. The van der Waals surface area contributed by atoms with Gasteiger partial charge in [-0.3, -0.25) is 5.10 Å². The average molecular weight is 273 g/mol. The molecule has 0 amide bonds. The minimum absolute atomic E-state index is 0.401. The summed E-state index contributed by atoms with van der Waals surface area (Å²) in [6.45, 7) is 5.39. The van der Waals surface area contributed by atoms with Crippen LogP contribution in [0.15, 0.2) is 30.3 Å². The first-order valence-electron chi connectivity index (χ1n) is 6.89. The van der Waals surface area contributed by atoms with Gasteiger partial charge in [0, 0.05) is 25.7 Å². The van der Waals surface area contributed by atoms with Gasteiger partial charge >= 0.3 is 0 Å². The van der Waals surface area contributed by atoms with Crippen molar-refractivity contribution in [1.29, 1.82) is 0 Å². The number of H-pyrrole nitrogens is 1. The molecule has 0 saturated carbocycles. The summed E-state index contributed by atoms with van der Waals surface area (Å²) in [5.74, 6) is 2.33. The Balaban J connectivity index is 1.59. The van der Waals surface area contributed by atoms with Crippen LogP contribution in [0.25, 0.3) is 0 Å². The van der Waals surface area contributed by atoms with E-state index in [4.69, 9.17) is 4.74 Å². The topological polar surface area (TPSA) is 66.1 Å². The van der Waals surface area contributed by atoms with Crippen LogP contribution in [0.2, 0.25) is 0 Å². The molecule has 20 heavy (non-hydrogen) atoms. The van der Waals surface area contributed by atoms with E-state index < -0.39 is 0 Å². The van der Waals surface area contributed by atoms with Crippen molar-refractivity contribution in [2.75, 3.05) is 24.5 Å². The fourth-order valence-corrected chi connectivity index (χ4v) is 2.27. The van der Waals surface area contributed by atoms with Gasteiger partial charge < -0.3 is 15.0 Å². The molecule has 3 rings (SSSR count). The summed E-state index contributed by atoms with van der Waals surface area (Å²) < 4.78 is 5.65. The number of rotatable bonds is 4. The Morgan fingerprint density at radius 1 is 1.35 bits per heavy atom. The van der Waals surface area contributed by atoms with Gasteiger partial charge in [-0.2, -0.15) is 4.98 Å². The first kappa shape index (κ1) is 12.9. The fraction of sp³-hybridized carbons (Fsp3) is 0.429. The number of anilines is 1. The Morgan fingerprint density at radius 2 is 2.20 bits per heavy atom. The number of para-hydroxylation sites is 1. The van der Waals surface area contributed by atoms with Gasteiger partial charge in [-0.1, -0.05) is 18.2 Å². The van der Waals surface area contributed by atoms with Gasteiger partial charge in [-0.05, 0) is 19.1 Å². The summed E-state index contributed by atoms with van der Waals surface area (Å²) in [6.07, 6.45) is 0. The Kier molecular flexibility index (Phi) is 3.83. The third-order valence-electron chi connectivity index (χ3n) is 3.29. The summed E-state index contributed by atoms with van der Waals surface area (Å²) in [4.78, 5) is 6.67. The van der Waals surface area contributed by atoms with Crippen molar-refractivity contribution in [2.24, 2.45) is 0 Å². The Morgan fingerprint density at radius 3 is 3.00 bits per heavy atom. The molecule has 0 aliphatic carbocycles. The van der Waals surface area contributed by atoms with E-state index in [1.54, 1.807) is 0 Å². The average Bonchev–Trinajstić information content (AvgIpc) is 2.95. The van der Waals surface area contributed by atoms with E-state index in [0.29, 0.717) is 12.6 Å². The molecule has 2 heterocycles. The van der Waals surface area contributed by atoms with Gasteiger partial charge in [0.15, 0.2) is 5.82 Å². The summed E-state index contributed by atoms with van der Waals surface area (Å²) in [5, 5.41) is 10.6. The second-order valence-electron chi connectivity index (χ2n) is 4.99. The maximum atomic E-state index is 5.65. The highest BCUT2D eigenvalue weighted by Gasteiger charge is 2.19. The van der Waals surface area contributed by atoms with E-state index in [1.165, 1.54) is 0 Å². The first-order chi connectivity index (χ1) is 9.81. The minimum atomic E-state index is 0.401. The summed E-state index contributed by atoms with van der Waals surface area (Å²) in [7, 11) is 0. The highest BCUT2D eigenvalue weighted by molar-refractivity contribution is 5.30. The van der Waals surface area contributed by atoms with Gasteiger partial charge in [0.1, 0.15) is 12.4 Å². The second-order valence-corrected chi connectivity index (χ2v) is 4.99. The van der Waals surface area contributed by atoms with Crippen molar-refractivity contribution in [1.82, 2.24) is 20.5 Å². The number of aromatic nitrogens is 3. The molecule has 1 fully saturated rings. The van der Waals surface area contributed by atoms with Gasteiger partial charge in [-0.25, -0.2) is 0 Å². The molecule has 0 radical (unpaired) electrons. The molecule has 106 valence electrons. The molecule has 0 bridgehead atoms. The molecule has 6 heteroatoms. The van der Waals surface area contributed by atoms with E-state index >= 15 is 0 Å². The summed E-state index contributed by atoms with van der Waals surface area (Å²) >= 11 is 0. The van der Waals surface area contributed by atoms with Crippen LogP contribution in [0.1, 0.15) is 12.7 Å². The van der Waals surface area contributed by atoms with Gasteiger partial charge in [0.2, 0.25) is 5.95 Å². The third kappa shape index (κ3) is 3.08. The molecule has 1 atom stereocenters. The van der Waals surface area contributed by atoms with E-state index in [1.807, 2.05) is 30.3 Å². The van der Waals surface area contributed by atoms with E-state index in [9.17, 15) is 0 Å². The number of aromatic amines is 1. The van der Waals surface area contributed by atoms with Crippen LogP contribution in [-0.2, 0) is 6.61 Å². The number of hydrogen-bond acceptors (Lipinski definition) is 5. The lowest BCUT2D eigenvalue weighted by Crippen LogP contribution is -2.49. The van der Waals surface area contributed by atoms with E-state index in [0.717, 1.165) is 37.2 Å². The van der Waals surface area contributed by atoms with Crippen LogP contribution in [0.4, 0.5) is 5.95 Å². The number of nitrogens with one attached hydrogen (secondary N) is 2. The summed E-state index contributed by atoms with van der Waals surface area (Å²) in [5.41, 5.74) is 0. The molecule has 0 unspecified atom stereocenters. The SMILES string of the molecule is C[C@H]1CN(c2n[nH]c(COc3ccccc3)n2)CCN1. The number of benzene rings is 1. The van der Waals surface area contributed by atoms with Crippen LogP contribution in [0, 0.1) is 0 Å². The molecule has 6 nitrogen and oxygen atoms in total. The molecule has 1 aliphatic rings. The molecule has 1 aromatic carbocycles. The van der Waals surface area contributed by atoms with Crippen LogP contribution in [-0.4, -0.2) is 40.9 Å². The van der Waals surface area contributed by atoms with Gasteiger partial charge in [0.05, 0.1) is 0 Å². The zero-order valence-corrected chi connectivity index (χ0v) is 11.5. The fourth-order valence-electron chi connectivity index (χ4n) is 2.27. The van der Waals surface area contributed by atoms with Crippen LogP contribution < -0.4 is 15.0 Å². The van der Waals surface area contributed by atoms with Crippen LogP contribution >= 0.6 is 0 Å². The lowest BCUT2D eigenvalue weighted by Gasteiger charge is -2.30. The number of ether oxygens (including phenoxy) is 1. The van der Waals surface area contributed by atoms with Crippen LogP contribution in [0.3, 0.4) is 0 Å². The van der Waals surface area contributed by atoms with Crippen molar-refractivity contribution in [3.05, 3.63) is 36.2 Å². The predicted molar refractivity (Wildman–Crippen MR) is 76.8 cm³/mol. The second kappa shape index (κ2) is 5.92. The summed E-state index contributed by atoms with van der Waals surface area (Å²) in [6, 6.07) is 10.2. The third-order valence-corrected chi connectivity index (χ3v) is 3.29. The molecule has 2 N–H and O–H groups in total. The first-order valence-corrected chi connectivity index (χ1v) is 6.89. The Bertz CT molecular complexity index is 542. The Hall–Kier alpha value is -2.08. The molecule has 2 aromatic rings. The molecule has 0 spiro atoms. The van der Waals surface area contributed by atoms with Gasteiger partial charge in [0.25, 0.3) is 0 Å². The number of hydrogen-bond donors (Lipinski definition) is 2. The normalized spacial score (nSPS) is 19.1. The molecular weight excluding hydrogens is 254 g/mol. The smallest absolute Gasteiger partial charge is 0.244 e. The minimum Gasteiger partial charge on any atom is -0.486 e. The van der Waals surface area contributed by atoms with E-state index in [-0.39, 0.29) is 0 Å². The van der Waals surface area contributed by atoms with Crippen molar-refractivity contribution in [3.63, 3.8) is 0 Å². The van der Waals surface area contributed by atoms with Crippen molar-refractivity contribution in [2.45, 2.75) is 19.6 Å². The lowest BCUT2D eigenvalue weighted by atomic mass is 10.2. The molecule has 1 aliphatic heterocycles. The lowest BCUT2D eigenvalue weighted by molar-refractivity contribution is 0.296. The van der Waals surface area contributed by atoms with Crippen molar-refractivity contribution in [3.8, 4) is 5.75 Å². The largest absolute Gasteiger partial charge is 0.486 e. The number of piperazine rings is 1. The van der Waals surface area contributed by atoms with Gasteiger partial charge in [-0.15, -0.1) is 5.10 Å². The highest BCUT2D eigenvalue weighted by Crippen LogP contribution is 2.13. The molecular formula is C14H19N5O. The van der Waals surface area contributed by atoms with Crippen molar-refractivity contribution >= 4 is 5.95 Å². The van der Waals surface area contributed by atoms with E-state index in [2.05, 4.69) is 32.3 Å². The Labute approximate surface area is 118 Å².